The predicted octanol–water partition coefficient (Wildman–Crippen LogP) is 3.98. The van der Waals surface area contributed by atoms with Crippen molar-refractivity contribution in [2.75, 3.05) is 13.7 Å². The number of esters is 1. The Hall–Kier alpha value is -4.39. The summed E-state index contributed by atoms with van der Waals surface area (Å²) >= 11 is 0. The van der Waals surface area contributed by atoms with Crippen LogP contribution in [0.4, 0.5) is 0 Å². The third kappa shape index (κ3) is 4.80. The number of hydrogen-bond acceptors (Lipinski definition) is 5. The summed E-state index contributed by atoms with van der Waals surface area (Å²) in [5.41, 5.74) is 10.8. The number of hydrogen-bond donors (Lipinski definition) is 1. The molecule has 2 N–H and O–H groups in total. The minimum Gasteiger partial charge on any atom is -0.480 e. The van der Waals surface area contributed by atoms with Crippen molar-refractivity contribution in [2.24, 2.45) is 5.73 Å². The second-order valence-electron chi connectivity index (χ2n) is 8.05. The first kappa shape index (κ1) is 23.8. The Labute approximate surface area is 203 Å². The summed E-state index contributed by atoms with van der Waals surface area (Å²) in [6.07, 6.45) is 2.82. The summed E-state index contributed by atoms with van der Waals surface area (Å²) in [7, 11) is 1.27. The number of benzene rings is 2. The molecule has 178 valence electrons. The maximum Gasteiger partial charge on any atom is 0.343 e. The highest BCUT2D eigenvalue weighted by molar-refractivity contribution is 6.44. The van der Waals surface area contributed by atoms with Gasteiger partial charge >= 0.3 is 5.97 Å². The largest absolute Gasteiger partial charge is 0.480 e. The van der Waals surface area contributed by atoms with Crippen LogP contribution in [0.1, 0.15) is 34.1 Å². The number of nitrogens with zero attached hydrogens (tertiary/aromatic N) is 1. The number of pyridine rings is 1. The van der Waals surface area contributed by atoms with Crippen LogP contribution in [-0.2, 0) is 27.2 Å². The third-order valence-corrected chi connectivity index (χ3v) is 5.92. The molecule has 4 rings (SSSR count). The molecule has 0 aliphatic heterocycles. The average Bonchev–Trinajstić information content (AvgIpc) is 3.20. The van der Waals surface area contributed by atoms with Gasteiger partial charge in [0.15, 0.2) is 6.61 Å². The summed E-state index contributed by atoms with van der Waals surface area (Å²) in [4.78, 5) is 36.6. The highest BCUT2D eigenvalue weighted by Crippen LogP contribution is 2.33. The number of amides is 1. The van der Waals surface area contributed by atoms with E-state index in [1.54, 1.807) is 12.1 Å². The van der Waals surface area contributed by atoms with Crippen LogP contribution in [0.15, 0.2) is 72.9 Å². The molecule has 0 saturated heterocycles. The first-order chi connectivity index (χ1) is 16.9. The Balaban J connectivity index is 1.86. The van der Waals surface area contributed by atoms with Crippen molar-refractivity contribution in [1.29, 1.82) is 0 Å². The molecule has 4 aromatic rings. The van der Waals surface area contributed by atoms with E-state index in [0.29, 0.717) is 29.7 Å². The van der Waals surface area contributed by atoms with Gasteiger partial charge in [-0.25, -0.2) is 4.79 Å². The van der Waals surface area contributed by atoms with Crippen molar-refractivity contribution in [3.05, 3.63) is 95.3 Å². The number of methoxy groups -OCH3 is 1. The van der Waals surface area contributed by atoms with E-state index >= 15 is 0 Å². The van der Waals surface area contributed by atoms with E-state index in [9.17, 15) is 14.4 Å². The zero-order chi connectivity index (χ0) is 24.9. The van der Waals surface area contributed by atoms with Gasteiger partial charge in [0.2, 0.25) is 0 Å². The highest BCUT2D eigenvalue weighted by Gasteiger charge is 2.28. The lowest BCUT2D eigenvalue weighted by atomic mass is 9.97. The maximum atomic E-state index is 13.0. The molecule has 0 saturated carbocycles. The summed E-state index contributed by atoms with van der Waals surface area (Å²) < 4.78 is 12.2. The molecule has 2 aromatic heterocycles. The second-order valence-corrected chi connectivity index (χ2v) is 8.05. The van der Waals surface area contributed by atoms with E-state index in [0.717, 1.165) is 22.4 Å². The number of aromatic nitrogens is 1. The quantitative estimate of drug-likeness (QED) is 0.227. The summed E-state index contributed by atoms with van der Waals surface area (Å²) in [6.45, 7) is 1.59. The van der Waals surface area contributed by atoms with Crippen molar-refractivity contribution in [3.63, 3.8) is 0 Å². The van der Waals surface area contributed by atoms with Crippen molar-refractivity contribution < 1.29 is 23.9 Å². The first-order valence-corrected chi connectivity index (χ1v) is 11.3. The zero-order valence-electron chi connectivity index (χ0n) is 19.6. The van der Waals surface area contributed by atoms with Crippen molar-refractivity contribution in [1.82, 2.24) is 4.40 Å². The highest BCUT2D eigenvalue weighted by atomic mass is 16.6. The topological polar surface area (TPSA) is 100 Å². The minimum absolute atomic E-state index is 0.203. The summed E-state index contributed by atoms with van der Waals surface area (Å²) in [6, 6.07) is 21.7. The van der Waals surface area contributed by atoms with Crippen molar-refractivity contribution in [2.45, 2.75) is 19.8 Å². The molecule has 0 unspecified atom stereocenters. The van der Waals surface area contributed by atoms with Gasteiger partial charge < -0.3 is 19.6 Å². The molecule has 0 bridgehead atoms. The fourth-order valence-electron chi connectivity index (χ4n) is 4.33. The Morgan fingerprint density at radius 3 is 2.37 bits per heavy atom. The van der Waals surface area contributed by atoms with Crippen LogP contribution < -0.4 is 10.5 Å². The third-order valence-electron chi connectivity index (χ3n) is 5.92. The van der Waals surface area contributed by atoms with Gasteiger partial charge in [-0.05, 0) is 40.8 Å². The molecule has 0 spiro atoms. The van der Waals surface area contributed by atoms with Crippen molar-refractivity contribution in [3.8, 4) is 16.9 Å². The number of primary amides is 1. The van der Waals surface area contributed by atoms with Gasteiger partial charge in [0.1, 0.15) is 5.75 Å². The van der Waals surface area contributed by atoms with Crippen LogP contribution in [0.2, 0.25) is 0 Å². The van der Waals surface area contributed by atoms with Crippen LogP contribution in [0.3, 0.4) is 0 Å². The lowest BCUT2D eigenvalue weighted by Crippen LogP contribution is -2.24. The molecule has 35 heavy (non-hydrogen) atoms. The standard InChI is InChI=1S/C28H26N2O5/c1-3-21-22(16-18-9-7-12-20(15-18)19-10-5-4-6-11-19)30-14-8-13-23(35-17-24(31)34-2)26(30)25(21)27(32)28(29)33/h4-15H,3,16-17H2,1-2H3,(H2,29,33). The molecule has 0 atom stereocenters. The number of carbonyl (C=O) groups excluding carboxylic acids is 3. The van der Waals surface area contributed by atoms with Crippen LogP contribution in [-0.4, -0.2) is 35.8 Å². The Bertz CT molecular complexity index is 1410. The van der Waals surface area contributed by atoms with E-state index in [2.05, 4.69) is 29.0 Å². The number of nitrogens with two attached hydrogens (primary N) is 1. The van der Waals surface area contributed by atoms with Gasteiger partial charge in [0.05, 0.1) is 18.2 Å². The van der Waals surface area contributed by atoms with Crippen molar-refractivity contribution >= 4 is 23.2 Å². The van der Waals surface area contributed by atoms with Gasteiger partial charge in [-0.3, -0.25) is 9.59 Å². The molecule has 2 heterocycles. The normalized spacial score (nSPS) is 10.8. The van der Waals surface area contributed by atoms with E-state index in [4.69, 9.17) is 10.5 Å². The van der Waals surface area contributed by atoms with Gasteiger partial charge in [0.25, 0.3) is 11.7 Å². The fourth-order valence-corrected chi connectivity index (χ4v) is 4.33. The molecule has 1 amide bonds. The molecular weight excluding hydrogens is 444 g/mol. The Morgan fingerprint density at radius 2 is 1.69 bits per heavy atom. The smallest absolute Gasteiger partial charge is 0.343 e. The average molecular weight is 471 g/mol. The van der Waals surface area contributed by atoms with E-state index in [1.165, 1.54) is 7.11 Å². The molecule has 0 radical (unpaired) electrons. The van der Waals surface area contributed by atoms with E-state index in [-0.39, 0.29) is 12.2 Å². The molecule has 0 aliphatic carbocycles. The number of ketones is 1. The first-order valence-electron chi connectivity index (χ1n) is 11.3. The summed E-state index contributed by atoms with van der Waals surface area (Å²) in [5.74, 6) is -2.11. The number of fused-ring (bicyclic) bond motifs is 1. The van der Waals surface area contributed by atoms with E-state index < -0.39 is 17.7 Å². The Morgan fingerprint density at radius 1 is 0.943 bits per heavy atom. The van der Waals surface area contributed by atoms with Crippen LogP contribution in [0.25, 0.3) is 16.6 Å². The number of rotatable bonds is 9. The number of carbonyl (C=O) groups is 3. The van der Waals surface area contributed by atoms with Gasteiger partial charge in [-0.15, -0.1) is 0 Å². The van der Waals surface area contributed by atoms with Gasteiger partial charge in [0, 0.05) is 18.3 Å². The number of Topliss-reactive ketones (excluding diaryl/α,β-unsaturated/α-hetero) is 1. The molecule has 7 nitrogen and oxygen atoms in total. The van der Waals surface area contributed by atoms with Crippen LogP contribution >= 0.6 is 0 Å². The monoisotopic (exact) mass is 470 g/mol. The lowest BCUT2D eigenvalue weighted by Gasteiger charge is -2.10. The maximum absolute atomic E-state index is 13.0. The van der Waals surface area contributed by atoms with E-state index in [1.807, 2.05) is 47.9 Å². The molecule has 7 heteroatoms. The number of ether oxygens (including phenoxy) is 2. The molecule has 0 fully saturated rings. The van der Waals surface area contributed by atoms with Crippen LogP contribution in [0, 0.1) is 0 Å². The molecule has 2 aromatic carbocycles. The fraction of sp³-hybridized carbons (Fsp3) is 0.179. The molecular formula is C28H26N2O5. The SMILES string of the molecule is CCc1c(C(=O)C(N)=O)c2c(OCC(=O)OC)cccn2c1Cc1cccc(-c2ccccc2)c1. The minimum atomic E-state index is -1.05. The lowest BCUT2D eigenvalue weighted by molar-refractivity contribution is -0.142. The van der Waals surface area contributed by atoms with Gasteiger partial charge in [-0.1, -0.05) is 61.5 Å². The van der Waals surface area contributed by atoms with Gasteiger partial charge in [-0.2, -0.15) is 0 Å². The summed E-state index contributed by atoms with van der Waals surface area (Å²) in [5, 5.41) is 0. The van der Waals surface area contributed by atoms with Crippen LogP contribution in [0.5, 0.6) is 5.75 Å². The Kier molecular flexibility index (Phi) is 6.96. The second kappa shape index (κ2) is 10.3. The predicted molar refractivity (Wildman–Crippen MR) is 132 cm³/mol. The zero-order valence-corrected chi connectivity index (χ0v) is 19.6. The molecule has 0 aliphatic rings.